The number of sulfonamides is 1. The molecule has 0 amide bonds. The number of aromatic amines is 1. The van der Waals surface area contributed by atoms with Crippen molar-refractivity contribution in [2.24, 2.45) is 5.92 Å². The molecule has 7 heteroatoms. The fourth-order valence-corrected chi connectivity index (χ4v) is 3.83. The van der Waals surface area contributed by atoms with E-state index in [0.29, 0.717) is 18.2 Å². The molecule has 0 bridgehead atoms. The molecule has 1 fully saturated rings. The summed E-state index contributed by atoms with van der Waals surface area (Å²) in [5.74, 6) is 0.543. The lowest BCUT2D eigenvalue weighted by Gasteiger charge is -2.32. The number of nitrogens with one attached hydrogen (secondary N) is 3. The molecule has 0 aromatic carbocycles. The Balaban J connectivity index is 2.00. The Bertz CT molecular complexity index is 512. The summed E-state index contributed by atoms with van der Waals surface area (Å²) < 4.78 is 27.0. The van der Waals surface area contributed by atoms with Gasteiger partial charge in [0.2, 0.25) is 10.0 Å². The van der Waals surface area contributed by atoms with Gasteiger partial charge in [-0.3, -0.25) is 5.10 Å². The number of rotatable bonds is 5. The highest BCUT2D eigenvalue weighted by Gasteiger charge is 2.26. The van der Waals surface area contributed by atoms with Crippen molar-refractivity contribution in [1.29, 1.82) is 0 Å². The third kappa shape index (κ3) is 3.34. The first-order valence-electron chi connectivity index (χ1n) is 6.77. The Hall–Kier alpha value is -0.920. The summed E-state index contributed by atoms with van der Waals surface area (Å²) in [6, 6.07) is 0.223. The monoisotopic (exact) mass is 286 g/mol. The Labute approximate surface area is 114 Å². The minimum atomic E-state index is -3.46. The average molecular weight is 286 g/mol. The van der Waals surface area contributed by atoms with Gasteiger partial charge in [-0.05, 0) is 32.2 Å². The van der Waals surface area contributed by atoms with Crippen molar-refractivity contribution < 1.29 is 8.42 Å². The summed E-state index contributed by atoms with van der Waals surface area (Å²) in [7, 11) is -3.46. The fourth-order valence-electron chi connectivity index (χ4n) is 2.63. The predicted octanol–water partition coefficient (Wildman–Crippen LogP) is 0.775. The molecule has 2 atom stereocenters. The topological polar surface area (TPSA) is 86.9 Å². The van der Waals surface area contributed by atoms with Crippen LogP contribution in [0.15, 0.2) is 11.1 Å². The van der Waals surface area contributed by atoms with E-state index < -0.39 is 10.0 Å². The summed E-state index contributed by atoms with van der Waals surface area (Å²) in [5, 5.41) is 9.80. The molecule has 19 heavy (non-hydrogen) atoms. The molecule has 6 nitrogen and oxygen atoms in total. The van der Waals surface area contributed by atoms with E-state index in [-0.39, 0.29) is 10.9 Å². The number of aromatic nitrogens is 2. The van der Waals surface area contributed by atoms with Crippen molar-refractivity contribution in [1.82, 2.24) is 20.2 Å². The fraction of sp³-hybridized carbons (Fsp3) is 0.750. The largest absolute Gasteiger partial charge is 0.312 e. The smallest absolute Gasteiger partial charge is 0.244 e. The van der Waals surface area contributed by atoms with Crippen molar-refractivity contribution >= 4 is 10.0 Å². The quantitative estimate of drug-likeness (QED) is 0.746. The maximum Gasteiger partial charge on any atom is 0.244 e. The van der Waals surface area contributed by atoms with E-state index in [1.807, 2.05) is 0 Å². The number of hydrogen-bond acceptors (Lipinski definition) is 4. The molecule has 1 aromatic rings. The Morgan fingerprint density at radius 3 is 2.95 bits per heavy atom. The lowest BCUT2D eigenvalue weighted by Crippen LogP contribution is -2.48. The molecular formula is C12H22N4O2S. The normalized spacial score (nSPS) is 24.5. The van der Waals surface area contributed by atoms with Crippen LogP contribution in [0.2, 0.25) is 0 Å². The van der Waals surface area contributed by atoms with E-state index in [1.54, 1.807) is 6.92 Å². The highest BCUT2D eigenvalue weighted by atomic mass is 32.2. The van der Waals surface area contributed by atoms with Gasteiger partial charge in [-0.1, -0.05) is 13.3 Å². The van der Waals surface area contributed by atoms with E-state index >= 15 is 0 Å². The van der Waals surface area contributed by atoms with Gasteiger partial charge in [-0.15, -0.1) is 0 Å². The summed E-state index contributed by atoms with van der Waals surface area (Å²) >= 11 is 0. The number of nitrogens with zero attached hydrogens (tertiary/aromatic N) is 1. The molecule has 0 spiro atoms. The van der Waals surface area contributed by atoms with Crippen LogP contribution in [0.3, 0.4) is 0 Å². The van der Waals surface area contributed by atoms with Crippen LogP contribution in [0, 0.1) is 12.8 Å². The van der Waals surface area contributed by atoms with Gasteiger partial charge in [0.25, 0.3) is 0 Å². The lowest BCUT2D eigenvalue weighted by atomic mass is 9.89. The molecule has 2 heterocycles. The first-order valence-corrected chi connectivity index (χ1v) is 8.26. The zero-order valence-corrected chi connectivity index (χ0v) is 12.3. The SMILES string of the molecule is CCC1CCCNC1CNS(=O)(=O)c1cn[nH]c1C. The maximum atomic E-state index is 12.2. The van der Waals surface area contributed by atoms with Crippen molar-refractivity contribution in [3.63, 3.8) is 0 Å². The first-order chi connectivity index (χ1) is 9.04. The second-order valence-corrected chi connectivity index (χ2v) is 6.82. The third-order valence-electron chi connectivity index (χ3n) is 3.82. The molecule has 2 unspecified atom stereocenters. The van der Waals surface area contributed by atoms with Crippen molar-refractivity contribution in [3.05, 3.63) is 11.9 Å². The van der Waals surface area contributed by atoms with Crippen molar-refractivity contribution in [2.45, 2.75) is 44.0 Å². The summed E-state index contributed by atoms with van der Waals surface area (Å²) in [4.78, 5) is 0.233. The Morgan fingerprint density at radius 2 is 2.32 bits per heavy atom. The first kappa shape index (κ1) is 14.5. The predicted molar refractivity (Wildman–Crippen MR) is 73.3 cm³/mol. The van der Waals surface area contributed by atoms with Crippen LogP contribution in [0.1, 0.15) is 31.9 Å². The molecule has 0 aliphatic carbocycles. The number of piperidine rings is 1. The van der Waals surface area contributed by atoms with Gasteiger partial charge < -0.3 is 5.32 Å². The van der Waals surface area contributed by atoms with E-state index in [9.17, 15) is 8.42 Å². The minimum absolute atomic E-state index is 0.223. The Kier molecular flexibility index (Phi) is 4.59. The van der Waals surface area contributed by atoms with Crippen LogP contribution in [0.25, 0.3) is 0 Å². The zero-order valence-electron chi connectivity index (χ0n) is 11.4. The lowest BCUT2D eigenvalue weighted by molar-refractivity contribution is 0.273. The molecule has 0 saturated carbocycles. The summed E-state index contributed by atoms with van der Waals surface area (Å²) in [5.41, 5.74) is 0.566. The zero-order chi connectivity index (χ0) is 13.9. The molecule has 3 N–H and O–H groups in total. The highest BCUT2D eigenvalue weighted by Crippen LogP contribution is 2.20. The van der Waals surface area contributed by atoms with Crippen LogP contribution in [-0.2, 0) is 10.0 Å². The third-order valence-corrected chi connectivity index (χ3v) is 5.36. The van der Waals surface area contributed by atoms with Crippen molar-refractivity contribution in [2.75, 3.05) is 13.1 Å². The number of hydrogen-bond donors (Lipinski definition) is 3. The average Bonchev–Trinajstić information content (AvgIpc) is 2.84. The second-order valence-electron chi connectivity index (χ2n) is 5.08. The standard InChI is InChI=1S/C12H22N4O2S/c1-3-10-5-4-6-13-11(10)7-15-19(17,18)12-8-14-16-9(12)2/h8,10-11,13,15H,3-7H2,1-2H3,(H,14,16). The molecule has 1 aliphatic rings. The molecule has 1 aromatic heterocycles. The van der Waals surface area contributed by atoms with Crippen LogP contribution in [-0.4, -0.2) is 37.7 Å². The van der Waals surface area contributed by atoms with Gasteiger partial charge in [0.05, 0.1) is 11.9 Å². The van der Waals surface area contributed by atoms with E-state index in [2.05, 4.69) is 27.2 Å². The van der Waals surface area contributed by atoms with Gasteiger partial charge in [-0.25, -0.2) is 13.1 Å². The molecule has 2 rings (SSSR count). The van der Waals surface area contributed by atoms with E-state index in [4.69, 9.17) is 0 Å². The van der Waals surface area contributed by atoms with Crippen LogP contribution < -0.4 is 10.0 Å². The molecule has 108 valence electrons. The number of H-pyrrole nitrogens is 1. The van der Waals surface area contributed by atoms with Crippen molar-refractivity contribution in [3.8, 4) is 0 Å². The van der Waals surface area contributed by atoms with Crippen LogP contribution >= 0.6 is 0 Å². The molecule has 0 radical (unpaired) electrons. The second kappa shape index (κ2) is 6.02. The van der Waals surface area contributed by atoms with E-state index in [0.717, 1.165) is 13.0 Å². The van der Waals surface area contributed by atoms with Gasteiger partial charge in [-0.2, -0.15) is 5.10 Å². The number of aryl methyl sites for hydroxylation is 1. The molecule has 1 saturated heterocycles. The summed E-state index contributed by atoms with van der Waals surface area (Å²) in [6.07, 6.45) is 4.76. The maximum absolute atomic E-state index is 12.2. The van der Waals surface area contributed by atoms with Gasteiger partial charge >= 0.3 is 0 Å². The van der Waals surface area contributed by atoms with Gasteiger partial charge in [0, 0.05) is 12.6 Å². The van der Waals surface area contributed by atoms with Gasteiger partial charge in [0.15, 0.2) is 0 Å². The summed E-state index contributed by atoms with van der Waals surface area (Å²) in [6.45, 7) is 5.26. The minimum Gasteiger partial charge on any atom is -0.312 e. The van der Waals surface area contributed by atoms with Crippen LogP contribution in [0.5, 0.6) is 0 Å². The van der Waals surface area contributed by atoms with Gasteiger partial charge in [0.1, 0.15) is 4.90 Å². The van der Waals surface area contributed by atoms with Crippen LogP contribution in [0.4, 0.5) is 0 Å². The molecule has 1 aliphatic heterocycles. The van der Waals surface area contributed by atoms with E-state index in [1.165, 1.54) is 19.0 Å². The molecular weight excluding hydrogens is 264 g/mol. The Morgan fingerprint density at radius 1 is 1.53 bits per heavy atom. The highest BCUT2D eigenvalue weighted by molar-refractivity contribution is 7.89.